The van der Waals surface area contributed by atoms with E-state index in [9.17, 15) is 9.83 Å². The van der Waals surface area contributed by atoms with Crippen molar-refractivity contribution in [2.45, 2.75) is 0 Å². The minimum Gasteiger partial charge on any atom is -0.309 e. The number of nitriles is 1. The molecule has 5 aromatic heterocycles. The first-order chi connectivity index (χ1) is 61.8. The highest BCUT2D eigenvalue weighted by molar-refractivity contribution is 7.85. The molecule has 24 rings (SSSR count). The maximum atomic E-state index is 14.8. The fraction of sp³-hybridized carbons (Fsp3) is 0. The summed E-state index contributed by atoms with van der Waals surface area (Å²) in [5.41, 5.74) is 18.0. The Morgan fingerprint density at radius 2 is 0.544 bits per heavy atom. The second-order valence-electron chi connectivity index (χ2n) is 31.3. The average Bonchev–Trinajstić information content (AvgIpc) is 1.64. The highest BCUT2D eigenvalue weighted by Gasteiger charge is 2.30. The lowest BCUT2D eigenvalue weighted by atomic mass is 9.94. The molecule has 0 bridgehead atoms. The van der Waals surface area contributed by atoms with Gasteiger partial charge in [-0.25, -0.2) is 29.9 Å². The van der Waals surface area contributed by atoms with E-state index in [-0.39, 0.29) is 0 Å². The van der Waals surface area contributed by atoms with Gasteiger partial charge in [0, 0.05) is 114 Å². The van der Waals surface area contributed by atoms with Gasteiger partial charge < -0.3 is 9.13 Å². The molecule has 0 amide bonds. The van der Waals surface area contributed by atoms with Crippen molar-refractivity contribution in [3.05, 3.63) is 448 Å². The molecule has 10 heteroatoms. The molecule has 0 aliphatic rings. The summed E-state index contributed by atoms with van der Waals surface area (Å²) in [7, 11) is -3.03. The van der Waals surface area contributed by atoms with Gasteiger partial charge in [-0.05, 0) is 110 Å². The van der Waals surface area contributed by atoms with Crippen LogP contribution < -0.4 is 15.9 Å². The first-order valence-corrected chi connectivity index (χ1v) is 43.6. The van der Waals surface area contributed by atoms with Gasteiger partial charge >= 0.3 is 0 Å². The molecule has 125 heavy (non-hydrogen) atoms. The topological polar surface area (TPSA) is 123 Å². The maximum Gasteiger partial charge on any atom is 0.171 e. The summed E-state index contributed by atoms with van der Waals surface area (Å²) >= 11 is 0. The molecule has 0 atom stereocenters. The Morgan fingerprint density at radius 1 is 0.224 bits per heavy atom. The van der Waals surface area contributed by atoms with E-state index in [4.69, 9.17) is 29.9 Å². The minimum atomic E-state index is -3.03. The SMILES string of the molecule is N#Cc1ccc2c(c1)c1cc(-c3cccc(-c4nc5ccccc5c5c4ccc4ccccc45)c3)ccc1n2-c1ccccc1.O=P(c1ccccc1)(c1ccccc1)c1ccc(-c2nc3ccccc3c3c2ccc2ccccc23)cc1.c1ccc(-c2nc(-c3ccccc3)nc(-c3ccc(-c4nc5ccccc5c5c4ccc4ccccc45)cc3)n2)cc1. The molecule has 0 saturated heterocycles. The first kappa shape index (κ1) is 74.8. The van der Waals surface area contributed by atoms with Gasteiger partial charge in [-0.1, -0.05) is 376 Å². The van der Waals surface area contributed by atoms with E-state index >= 15 is 0 Å². The van der Waals surface area contributed by atoms with E-state index in [1.807, 2.05) is 158 Å². The molecule has 5 heterocycles. The zero-order valence-corrected chi connectivity index (χ0v) is 68.5. The average molecular weight is 1610 g/mol. The van der Waals surface area contributed by atoms with Crippen LogP contribution in [0.5, 0.6) is 0 Å². The van der Waals surface area contributed by atoms with Crippen LogP contribution in [0.25, 0.3) is 204 Å². The number of benzene rings is 19. The third-order valence-electron chi connectivity index (χ3n) is 24.0. The minimum absolute atomic E-state index is 0.636. The number of hydrogen-bond acceptors (Lipinski definition) is 8. The van der Waals surface area contributed by atoms with Crippen molar-refractivity contribution < 1.29 is 4.57 Å². The molecule has 0 fully saturated rings. The summed E-state index contributed by atoms with van der Waals surface area (Å²) in [6.07, 6.45) is 0. The van der Waals surface area contributed by atoms with E-state index in [1.165, 1.54) is 53.9 Å². The summed E-state index contributed by atoms with van der Waals surface area (Å²) in [4.78, 5) is 30.1. The van der Waals surface area contributed by atoms with Crippen molar-refractivity contribution in [1.82, 2.24) is 34.5 Å². The number of fused-ring (bicyclic) bond motifs is 18. The van der Waals surface area contributed by atoms with Crippen molar-refractivity contribution in [2.75, 3.05) is 0 Å². The van der Waals surface area contributed by atoms with Gasteiger partial charge in [-0.3, -0.25) is 0 Å². The van der Waals surface area contributed by atoms with Gasteiger partial charge in [0.2, 0.25) is 0 Å². The molecule has 0 spiro atoms. The predicted octanol–water partition coefficient (Wildman–Crippen LogP) is 28.1. The van der Waals surface area contributed by atoms with Crippen molar-refractivity contribution in [2.24, 2.45) is 0 Å². The first-order valence-electron chi connectivity index (χ1n) is 41.9. The van der Waals surface area contributed by atoms with Crippen LogP contribution in [-0.2, 0) is 4.57 Å². The Labute approximate surface area is 720 Å². The third-order valence-corrected chi connectivity index (χ3v) is 27.1. The van der Waals surface area contributed by atoms with Crippen LogP contribution in [0.4, 0.5) is 0 Å². The predicted molar refractivity (Wildman–Crippen MR) is 520 cm³/mol. The van der Waals surface area contributed by atoms with Crippen molar-refractivity contribution in [3.63, 3.8) is 0 Å². The van der Waals surface area contributed by atoms with Crippen molar-refractivity contribution in [3.8, 4) is 90.8 Å². The number of pyridine rings is 3. The fourth-order valence-corrected chi connectivity index (χ4v) is 20.7. The summed E-state index contributed by atoms with van der Waals surface area (Å²) in [6.45, 7) is 0. The molecule has 19 aromatic carbocycles. The molecule has 0 aliphatic heterocycles. The summed E-state index contributed by atoms with van der Waals surface area (Å²) in [5.74, 6) is 1.94. The molecular formula is C115H73N8OP. The van der Waals surface area contributed by atoms with Crippen LogP contribution in [0.2, 0.25) is 0 Å². The van der Waals surface area contributed by atoms with E-state index in [0.29, 0.717) is 23.0 Å². The highest BCUT2D eigenvalue weighted by atomic mass is 31.2. The molecular weight excluding hydrogens is 1540 g/mol. The molecule has 0 aliphatic carbocycles. The second kappa shape index (κ2) is 31.9. The van der Waals surface area contributed by atoms with Gasteiger partial charge in [0.1, 0.15) is 0 Å². The largest absolute Gasteiger partial charge is 0.309 e. The Kier molecular flexibility index (Phi) is 19.1. The lowest BCUT2D eigenvalue weighted by Gasteiger charge is -2.20. The Balaban J connectivity index is 0.000000112. The maximum absolute atomic E-state index is 14.8. The molecule has 0 unspecified atom stereocenters. The number of hydrogen-bond donors (Lipinski definition) is 0. The second-order valence-corrected chi connectivity index (χ2v) is 34.1. The summed E-state index contributed by atoms with van der Waals surface area (Å²) in [6, 6.07) is 154. The molecule has 0 saturated carbocycles. The van der Waals surface area contributed by atoms with E-state index < -0.39 is 7.14 Å². The Morgan fingerprint density at radius 3 is 0.992 bits per heavy atom. The van der Waals surface area contributed by atoms with Crippen LogP contribution >= 0.6 is 7.14 Å². The van der Waals surface area contributed by atoms with Crippen LogP contribution in [0.3, 0.4) is 0 Å². The number of aromatic nitrogens is 7. The monoisotopic (exact) mass is 1610 g/mol. The van der Waals surface area contributed by atoms with Gasteiger partial charge in [0.15, 0.2) is 24.6 Å². The van der Waals surface area contributed by atoms with Gasteiger partial charge in [0.05, 0.1) is 56.3 Å². The van der Waals surface area contributed by atoms with Gasteiger partial charge in [-0.2, -0.15) is 5.26 Å². The zero-order valence-electron chi connectivity index (χ0n) is 67.6. The number of nitrogens with zero attached hydrogens (tertiary/aromatic N) is 8. The summed E-state index contributed by atoms with van der Waals surface area (Å²) in [5, 5.41) is 32.3. The quantitative estimate of drug-likeness (QED) is 0.0927. The van der Waals surface area contributed by atoms with Crippen LogP contribution in [-0.4, -0.2) is 34.5 Å². The van der Waals surface area contributed by atoms with Crippen LogP contribution in [0.15, 0.2) is 443 Å². The molecule has 584 valence electrons. The normalized spacial score (nSPS) is 11.5. The third kappa shape index (κ3) is 13.6. The lowest BCUT2D eigenvalue weighted by Crippen LogP contribution is -2.24. The lowest BCUT2D eigenvalue weighted by molar-refractivity contribution is 0.592. The Bertz CT molecular complexity index is 8290. The Hall–Kier alpha value is -16.5. The van der Waals surface area contributed by atoms with E-state index in [2.05, 4.69) is 296 Å². The number of para-hydroxylation sites is 4. The standard InChI is InChI=1S/C42H25N3.C38H24N4.C35H24NOP/c43-26-27-17-21-39-36(23-27)37-25-30(19-22-40(37)45(39)32-12-2-1-3-13-32)29-10-8-11-31(24-29)42-35-20-18-28-9-4-5-14-33(28)41(35)34-15-6-7-16-38(34)44-42;1-3-12-27(13-4-1)36-40-37(28-14-5-2-6-15-28)42-38(41-36)29-21-19-26(20-22-29)35-32-24-23-25-11-7-8-16-30(25)34(32)31-17-9-10-18-33(31)39-35;37-38(27-12-3-1-4-13-27,28-14-5-2-6-15-28)29-22-19-26(20-23-29)35-32-24-21-25-11-7-8-16-30(25)34(32)31-17-9-10-18-33(31)36-35/h1-25H;1-24H;1-24H. The molecule has 9 nitrogen and oxygen atoms in total. The van der Waals surface area contributed by atoms with Crippen molar-refractivity contribution in [1.29, 1.82) is 5.26 Å². The number of rotatable bonds is 11. The molecule has 24 aromatic rings. The van der Waals surface area contributed by atoms with Crippen LogP contribution in [0, 0.1) is 11.3 Å². The molecule has 0 N–H and O–H groups in total. The zero-order chi connectivity index (χ0) is 83.3. The van der Waals surface area contributed by atoms with Crippen LogP contribution in [0.1, 0.15) is 5.56 Å². The van der Waals surface area contributed by atoms with E-state index in [1.54, 1.807) is 0 Å². The smallest absolute Gasteiger partial charge is 0.171 e. The highest BCUT2D eigenvalue weighted by Crippen LogP contribution is 2.46. The fourth-order valence-electron chi connectivity index (χ4n) is 18.1. The van der Waals surface area contributed by atoms with Crippen molar-refractivity contribution >= 4 is 142 Å². The summed E-state index contributed by atoms with van der Waals surface area (Å²) < 4.78 is 17.1. The van der Waals surface area contributed by atoms with E-state index in [0.717, 1.165) is 148 Å². The van der Waals surface area contributed by atoms with Gasteiger partial charge in [0.25, 0.3) is 0 Å². The molecule has 0 radical (unpaired) electrons. The van der Waals surface area contributed by atoms with Gasteiger partial charge in [-0.15, -0.1) is 0 Å².